The zero-order valence-electron chi connectivity index (χ0n) is 11.0. The third-order valence-electron chi connectivity index (χ3n) is 3.66. The molecule has 0 aliphatic carbocycles. The van der Waals surface area contributed by atoms with Crippen molar-refractivity contribution in [3.63, 3.8) is 0 Å². The molecular weight excluding hydrogens is 222 g/mol. The van der Waals surface area contributed by atoms with Gasteiger partial charge in [0.2, 0.25) is 0 Å². The molecule has 18 heavy (non-hydrogen) atoms. The molecule has 0 bridgehead atoms. The Balaban J connectivity index is 1.98. The van der Waals surface area contributed by atoms with Crippen molar-refractivity contribution in [3.8, 4) is 0 Å². The molecule has 3 rings (SSSR count). The van der Waals surface area contributed by atoms with E-state index in [4.69, 9.17) is 0 Å². The number of aryl methyl sites for hydroxylation is 1. The van der Waals surface area contributed by atoms with Gasteiger partial charge in [-0.25, -0.2) is 4.98 Å². The number of imidazole rings is 1. The Morgan fingerprint density at radius 1 is 1.11 bits per heavy atom. The minimum Gasteiger partial charge on any atom is -0.345 e. The first-order valence-electron chi connectivity index (χ1n) is 6.20. The fourth-order valence-electron chi connectivity index (χ4n) is 2.33. The van der Waals surface area contributed by atoms with Gasteiger partial charge in [0.05, 0.1) is 12.2 Å². The van der Waals surface area contributed by atoms with Gasteiger partial charge in [-0.05, 0) is 44.0 Å². The summed E-state index contributed by atoms with van der Waals surface area (Å²) in [5.74, 6) is 0. The van der Waals surface area contributed by atoms with Crippen LogP contribution in [0.25, 0.3) is 5.65 Å². The van der Waals surface area contributed by atoms with Crippen LogP contribution in [0.4, 0.5) is 0 Å². The second-order valence-corrected chi connectivity index (χ2v) is 4.85. The average molecular weight is 239 g/mol. The van der Waals surface area contributed by atoms with E-state index in [1.54, 1.807) is 0 Å². The van der Waals surface area contributed by atoms with Gasteiger partial charge in [0.1, 0.15) is 5.65 Å². The van der Waals surface area contributed by atoms with Gasteiger partial charge in [-0.3, -0.25) is 0 Å². The van der Waals surface area contributed by atoms with Gasteiger partial charge >= 0.3 is 0 Å². The number of aromatic nitrogens is 3. The van der Waals surface area contributed by atoms with Gasteiger partial charge in [0, 0.05) is 24.3 Å². The molecule has 3 heterocycles. The largest absolute Gasteiger partial charge is 0.345 e. The third kappa shape index (κ3) is 1.72. The van der Waals surface area contributed by atoms with Gasteiger partial charge in [-0.1, -0.05) is 6.07 Å². The van der Waals surface area contributed by atoms with E-state index >= 15 is 0 Å². The predicted octanol–water partition coefficient (Wildman–Crippen LogP) is 3.11. The maximum Gasteiger partial charge on any atom is 0.137 e. The van der Waals surface area contributed by atoms with Crippen LogP contribution in [0.2, 0.25) is 0 Å². The summed E-state index contributed by atoms with van der Waals surface area (Å²) in [4.78, 5) is 4.63. The van der Waals surface area contributed by atoms with Gasteiger partial charge < -0.3 is 8.97 Å². The molecule has 0 radical (unpaired) electrons. The molecule has 0 unspecified atom stereocenters. The Labute approximate surface area is 107 Å². The fourth-order valence-corrected chi connectivity index (χ4v) is 2.33. The van der Waals surface area contributed by atoms with Crippen LogP contribution in [-0.4, -0.2) is 14.0 Å². The topological polar surface area (TPSA) is 22.2 Å². The Hall–Kier alpha value is -2.03. The molecule has 3 nitrogen and oxygen atoms in total. The van der Waals surface area contributed by atoms with Gasteiger partial charge in [-0.2, -0.15) is 0 Å². The second kappa shape index (κ2) is 4.02. The van der Waals surface area contributed by atoms with E-state index in [0.717, 1.165) is 17.9 Å². The second-order valence-electron chi connectivity index (χ2n) is 4.85. The number of hydrogen-bond acceptors (Lipinski definition) is 1. The molecule has 0 amide bonds. The molecule has 0 spiro atoms. The lowest BCUT2D eigenvalue weighted by atomic mass is 10.2. The highest BCUT2D eigenvalue weighted by Gasteiger charge is 2.07. The minimum atomic E-state index is 0.836. The quantitative estimate of drug-likeness (QED) is 0.673. The molecule has 3 aromatic heterocycles. The van der Waals surface area contributed by atoms with Crippen molar-refractivity contribution >= 4 is 5.65 Å². The molecule has 3 aromatic rings. The average Bonchev–Trinajstić information content (AvgIpc) is 2.87. The lowest BCUT2D eigenvalue weighted by Crippen LogP contribution is -2.00. The van der Waals surface area contributed by atoms with Crippen molar-refractivity contribution in [1.82, 2.24) is 14.0 Å². The van der Waals surface area contributed by atoms with Crippen LogP contribution in [-0.2, 0) is 6.54 Å². The van der Waals surface area contributed by atoms with Gasteiger partial charge in [0.15, 0.2) is 0 Å². The maximum atomic E-state index is 4.63. The molecule has 0 atom stereocenters. The van der Waals surface area contributed by atoms with E-state index in [2.05, 4.69) is 47.1 Å². The SMILES string of the molecule is Cc1cn(Cc2cn3ccccc3n2)c(C)c1C. The summed E-state index contributed by atoms with van der Waals surface area (Å²) >= 11 is 0. The van der Waals surface area contributed by atoms with Crippen LogP contribution in [0.3, 0.4) is 0 Å². The van der Waals surface area contributed by atoms with Crippen molar-refractivity contribution in [2.45, 2.75) is 27.3 Å². The first-order valence-corrected chi connectivity index (χ1v) is 6.20. The molecule has 3 heteroatoms. The molecule has 0 N–H and O–H groups in total. The maximum absolute atomic E-state index is 4.63. The van der Waals surface area contributed by atoms with E-state index in [0.29, 0.717) is 0 Å². The van der Waals surface area contributed by atoms with Crippen molar-refractivity contribution in [1.29, 1.82) is 0 Å². The van der Waals surface area contributed by atoms with Gasteiger partial charge in [-0.15, -0.1) is 0 Å². The summed E-state index contributed by atoms with van der Waals surface area (Å²) < 4.78 is 4.33. The lowest BCUT2D eigenvalue weighted by molar-refractivity contribution is 0.756. The predicted molar refractivity (Wildman–Crippen MR) is 72.9 cm³/mol. The molecule has 92 valence electrons. The van der Waals surface area contributed by atoms with Crippen molar-refractivity contribution < 1.29 is 0 Å². The van der Waals surface area contributed by atoms with E-state index < -0.39 is 0 Å². The number of rotatable bonds is 2. The van der Waals surface area contributed by atoms with Crippen molar-refractivity contribution in [2.24, 2.45) is 0 Å². The number of fused-ring (bicyclic) bond motifs is 1. The number of hydrogen-bond donors (Lipinski definition) is 0. The normalized spacial score (nSPS) is 11.3. The molecule has 0 fully saturated rings. The Bertz CT molecular complexity index is 671. The molecule has 0 aromatic carbocycles. The number of nitrogens with zero attached hydrogens (tertiary/aromatic N) is 3. The lowest BCUT2D eigenvalue weighted by Gasteiger charge is -2.03. The summed E-state index contributed by atoms with van der Waals surface area (Å²) in [5.41, 5.74) is 6.14. The zero-order chi connectivity index (χ0) is 12.7. The Kier molecular flexibility index (Phi) is 2.47. The first-order chi connectivity index (χ1) is 8.65. The van der Waals surface area contributed by atoms with Crippen LogP contribution < -0.4 is 0 Å². The summed E-state index contributed by atoms with van der Waals surface area (Å²) in [7, 11) is 0. The Morgan fingerprint density at radius 2 is 1.94 bits per heavy atom. The highest BCUT2D eigenvalue weighted by atomic mass is 15.0. The zero-order valence-corrected chi connectivity index (χ0v) is 11.0. The summed E-state index contributed by atoms with van der Waals surface area (Å²) in [6.07, 6.45) is 6.33. The van der Waals surface area contributed by atoms with Crippen LogP contribution in [0.5, 0.6) is 0 Å². The highest BCUT2D eigenvalue weighted by molar-refractivity contribution is 5.39. The van der Waals surface area contributed by atoms with E-state index in [9.17, 15) is 0 Å². The molecular formula is C15H17N3. The summed E-state index contributed by atoms with van der Waals surface area (Å²) in [5, 5.41) is 0. The van der Waals surface area contributed by atoms with Crippen LogP contribution in [0.15, 0.2) is 36.8 Å². The van der Waals surface area contributed by atoms with E-state index in [-0.39, 0.29) is 0 Å². The van der Waals surface area contributed by atoms with Crippen LogP contribution in [0.1, 0.15) is 22.5 Å². The molecule has 0 saturated heterocycles. The third-order valence-corrected chi connectivity index (χ3v) is 3.66. The van der Waals surface area contributed by atoms with Crippen molar-refractivity contribution in [3.05, 3.63) is 59.3 Å². The highest BCUT2D eigenvalue weighted by Crippen LogP contribution is 2.16. The number of pyridine rings is 1. The molecule has 0 aliphatic heterocycles. The van der Waals surface area contributed by atoms with E-state index in [1.165, 1.54) is 16.8 Å². The first kappa shape index (κ1) is 11.1. The standard InChI is InChI=1S/C15H17N3/c1-11-8-18(13(3)12(11)2)10-14-9-17-7-5-4-6-15(17)16-14/h4-9H,10H2,1-3H3. The molecule has 0 aliphatic rings. The molecule has 0 saturated carbocycles. The summed E-state index contributed by atoms with van der Waals surface area (Å²) in [6.45, 7) is 7.33. The Morgan fingerprint density at radius 3 is 2.61 bits per heavy atom. The smallest absolute Gasteiger partial charge is 0.137 e. The fraction of sp³-hybridized carbons (Fsp3) is 0.267. The van der Waals surface area contributed by atoms with Crippen molar-refractivity contribution in [2.75, 3.05) is 0 Å². The summed E-state index contributed by atoms with van der Waals surface area (Å²) in [6, 6.07) is 6.07. The monoisotopic (exact) mass is 239 g/mol. The van der Waals surface area contributed by atoms with Crippen LogP contribution in [0, 0.1) is 20.8 Å². The van der Waals surface area contributed by atoms with Gasteiger partial charge in [0.25, 0.3) is 0 Å². The van der Waals surface area contributed by atoms with Crippen LogP contribution >= 0.6 is 0 Å². The minimum absolute atomic E-state index is 0.836. The van der Waals surface area contributed by atoms with E-state index in [1.807, 2.05) is 24.4 Å².